The minimum absolute atomic E-state index is 0.501. The highest BCUT2D eigenvalue weighted by atomic mass is 15.0. The molecule has 2 aromatic rings. The molecule has 2 aromatic heterocycles. The molecule has 0 aliphatic rings. The molecule has 0 saturated carbocycles. The lowest BCUT2D eigenvalue weighted by Gasteiger charge is -1.98. The number of fused-ring (bicyclic) bond motifs is 1. The summed E-state index contributed by atoms with van der Waals surface area (Å²) < 4.78 is 2.00. The van der Waals surface area contributed by atoms with E-state index < -0.39 is 0 Å². The van der Waals surface area contributed by atoms with Gasteiger partial charge in [-0.3, -0.25) is 0 Å². The maximum atomic E-state index is 5.55. The molecule has 2 rings (SSSR count). The smallest absolute Gasteiger partial charge is 0.0996 e. The Morgan fingerprint density at radius 1 is 1.58 bits per heavy atom. The molecule has 0 unspecified atom stereocenters. The lowest BCUT2D eigenvalue weighted by molar-refractivity contribution is 1.02. The maximum absolute atomic E-state index is 5.55. The van der Waals surface area contributed by atoms with Crippen molar-refractivity contribution in [3.8, 4) is 0 Å². The Morgan fingerprint density at radius 3 is 3.17 bits per heavy atom. The van der Waals surface area contributed by atoms with Crippen molar-refractivity contribution in [1.29, 1.82) is 0 Å². The van der Waals surface area contributed by atoms with Crippen molar-refractivity contribution >= 4 is 5.52 Å². The highest BCUT2D eigenvalue weighted by Crippen LogP contribution is 2.13. The molecule has 2 N–H and O–H groups in total. The van der Waals surface area contributed by atoms with Gasteiger partial charge in [-0.25, -0.2) is 4.98 Å². The van der Waals surface area contributed by atoms with E-state index in [9.17, 15) is 0 Å². The first-order chi connectivity index (χ1) is 5.83. The number of hydrogen-bond acceptors (Lipinski definition) is 2. The van der Waals surface area contributed by atoms with Gasteiger partial charge in [0, 0.05) is 12.7 Å². The Balaban J connectivity index is 2.83. The second-order valence-electron chi connectivity index (χ2n) is 2.84. The van der Waals surface area contributed by atoms with Gasteiger partial charge in [0.15, 0.2) is 0 Å². The van der Waals surface area contributed by atoms with Crippen molar-refractivity contribution < 1.29 is 0 Å². The van der Waals surface area contributed by atoms with Crippen molar-refractivity contribution in [2.24, 2.45) is 5.73 Å². The molecule has 2 heterocycles. The van der Waals surface area contributed by atoms with Gasteiger partial charge in [0.25, 0.3) is 0 Å². The largest absolute Gasteiger partial charge is 0.325 e. The number of aryl methyl sites for hydroxylation is 1. The summed E-state index contributed by atoms with van der Waals surface area (Å²) in [6.07, 6.45) is 3.78. The van der Waals surface area contributed by atoms with Crippen LogP contribution in [0.2, 0.25) is 0 Å². The molecule has 0 aromatic carbocycles. The molecule has 12 heavy (non-hydrogen) atoms. The summed E-state index contributed by atoms with van der Waals surface area (Å²) in [6.45, 7) is 2.57. The summed E-state index contributed by atoms with van der Waals surface area (Å²) in [4.78, 5) is 4.21. The summed E-state index contributed by atoms with van der Waals surface area (Å²) in [5.41, 5.74) is 8.88. The molecule has 0 bridgehead atoms. The molecule has 0 amide bonds. The van der Waals surface area contributed by atoms with Crippen LogP contribution in [-0.2, 0) is 6.54 Å². The summed E-state index contributed by atoms with van der Waals surface area (Å²) in [5.74, 6) is 0. The van der Waals surface area contributed by atoms with Crippen molar-refractivity contribution in [3.63, 3.8) is 0 Å². The molecule has 0 saturated heterocycles. The van der Waals surface area contributed by atoms with E-state index in [1.54, 1.807) is 6.33 Å². The molecule has 0 spiro atoms. The molecular formula is C9H11N3. The van der Waals surface area contributed by atoms with E-state index in [-0.39, 0.29) is 0 Å². The standard InChI is InChI=1S/C9H11N3/c1-7-3-2-4-12-6-11-8(5-10)9(7)12/h2-4,6H,5,10H2,1H3. The summed E-state index contributed by atoms with van der Waals surface area (Å²) in [6, 6.07) is 4.07. The zero-order valence-electron chi connectivity index (χ0n) is 6.99. The van der Waals surface area contributed by atoms with E-state index in [2.05, 4.69) is 18.0 Å². The highest BCUT2D eigenvalue weighted by Gasteiger charge is 2.03. The third-order valence-electron chi connectivity index (χ3n) is 2.03. The lowest BCUT2D eigenvalue weighted by atomic mass is 10.2. The molecule has 0 radical (unpaired) electrons. The monoisotopic (exact) mass is 161 g/mol. The average Bonchev–Trinajstić information content (AvgIpc) is 2.49. The van der Waals surface area contributed by atoms with Crippen LogP contribution in [0.5, 0.6) is 0 Å². The van der Waals surface area contributed by atoms with Crippen LogP contribution in [0.4, 0.5) is 0 Å². The third-order valence-corrected chi connectivity index (χ3v) is 2.03. The van der Waals surface area contributed by atoms with E-state index in [4.69, 9.17) is 5.73 Å². The molecule has 0 aliphatic carbocycles. The lowest BCUT2D eigenvalue weighted by Crippen LogP contribution is -1.98. The first-order valence-electron chi connectivity index (χ1n) is 3.94. The van der Waals surface area contributed by atoms with Crippen molar-refractivity contribution in [2.75, 3.05) is 0 Å². The Bertz CT molecular complexity index is 403. The van der Waals surface area contributed by atoms with Gasteiger partial charge in [-0.1, -0.05) is 6.07 Å². The zero-order chi connectivity index (χ0) is 8.55. The molecule has 0 aliphatic heterocycles. The van der Waals surface area contributed by atoms with Crippen LogP contribution in [0.15, 0.2) is 24.7 Å². The van der Waals surface area contributed by atoms with Crippen LogP contribution in [0.1, 0.15) is 11.3 Å². The first-order valence-corrected chi connectivity index (χ1v) is 3.94. The summed E-state index contributed by atoms with van der Waals surface area (Å²) in [5, 5.41) is 0. The van der Waals surface area contributed by atoms with Gasteiger partial charge in [-0.05, 0) is 18.6 Å². The van der Waals surface area contributed by atoms with Gasteiger partial charge in [0.05, 0.1) is 17.5 Å². The number of nitrogens with zero attached hydrogens (tertiary/aromatic N) is 2. The molecule has 3 nitrogen and oxygen atoms in total. The Labute approximate surface area is 70.8 Å². The number of rotatable bonds is 1. The topological polar surface area (TPSA) is 43.3 Å². The SMILES string of the molecule is Cc1cccn2cnc(CN)c12. The second-order valence-corrected chi connectivity index (χ2v) is 2.84. The van der Waals surface area contributed by atoms with E-state index in [0.29, 0.717) is 6.54 Å². The van der Waals surface area contributed by atoms with Crippen LogP contribution < -0.4 is 5.73 Å². The van der Waals surface area contributed by atoms with Crippen molar-refractivity contribution in [1.82, 2.24) is 9.38 Å². The maximum Gasteiger partial charge on any atom is 0.0996 e. The van der Waals surface area contributed by atoms with Crippen molar-refractivity contribution in [2.45, 2.75) is 13.5 Å². The molecule has 3 heteroatoms. The second kappa shape index (κ2) is 2.60. The summed E-state index contributed by atoms with van der Waals surface area (Å²) in [7, 11) is 0. The number of imidazole rings is 1. The molecule has 62 valence electrons. The first kappa shape index (κ1) is 7.31. The molecular weight excluding hydrogens is 150 g/mol. The van der Waals surface area contributed by atoms with E-state index in [1.165, 1.54) is 5.56 Å². The van der Waals surface area contributed by atoms with Crippen LogP contribution in [0.25, 0.3) is 5.52 Å². The number of aromatic nitrogens is 2. The molecule has 0 fully saturated rings. The van der Waals surface area contributed by atoms with Crippen molar-refractivity contribution in [3.05, 3.63) is 35.9 Å². The van der Waals surface area contributed by atoms with Gasteiger partial charge >= 0.3 is 0 Å². The highest BCUT2D eigenvalue weighted by molar-refractivity contribution is 5.58. The normalized spacial score (nSPS) is 10.8. The fourth-order valence-corrected chi connectivity index (χ4v) is 1.45. The van der Waals surface area contributed by atoms with Gasteiger partial charge in [0.1, 0.15) is 0 Å². The Kier molecular flexibility index (Phi) is 1.59. The van der Waals surface area contributed by atoms with Gasteiger partial charge in [0.2, 0.25) is 0 Å². The predicted molar refractivity (Wildman–Crippen MR) is 47.8 cm³/mol. The third kappa shape index (κ3) is 0.905. The zero-order valence-corrected chi connectivity index (χ0v) is 6.99. The molecule has 0 atom stereocenters. The van der Waals surface area contributed by atoms with Crippen LogP contribution in [0, 0.1) is 6.92 Å². The number of hydrogen-bond donors (Lipinski definition) is 1. The van der Waals surface area contributed by atoms with Gasteiger partial charge < -0.3 is 10.1 Å². The fraction of sp³-hybridized carbons (Fsp3) is 0.222. The summed E-state index contributed by atoms with van der Waals surface area (Å²) >= 11 is 0. The Hall–Kier alpha value is -1.35. The average molecular weight is 161 g/mol. The quantitative estimate of drug-likeness (QED) is 0.680. The van der Waals surface area contributed by atoms with E-state index in [0.717, 1.165) is 11.2 Å². The number of nitrogens with two attached hydrogens (primary N) is 1. The van der Waals surface area contributed by atoms with Gasteiger partial charge in [-0.2, -0.15) is 0 Å². The van der Waals surface area contributed by atoms with E-state index >= 15 is 0 Å². The Morgan fingerprint density at radius 2 is 2.42 bits per heavy atom. The van der Waals surface area contributed by atoms with Gasteiger partial charge in [-0.15, -0.1) is 0 Å². The van der Waals surface area contributed by atoms with Crippen LogP contribution >= 0.6 is 0 Å². The predicted octanol–water partition coefficient (Wildman–Crippen LogP) is 1.10. The number of pyridine rings is 1. The minimum atomic E-state index is 0.501. The van der Waals surface area contributed by atoms with Crippen LogP contribution in [-0.4, -0.2) is 9.38 Å². The fourth-order valence-electron chi connectivity index (χ4n) is 1.45. The van der Waals surface area contributed by atoms with E-state index in [1.807, 2.05) is 16.7 Å². The minimum Gasteiger partial charge on any atom is -0.325 e. The van der Waals surface area contributed by atoms with Crippen LogP contribution in [0.3, 0.4) is 0 Å².